The van der Waals surface area contributed by atoms with Gasteiger partial charge in [0.2, 0.25) is 0 Å². The highest BCUT2D eigenvalue weighted by Gasteiger charge is 2.08. The number of methoxy groups -OCH3 is 1. The molecule has 0 radical (unpaired) electrons. The first-order valence-electron chi connectivity index (χ1n) is 4.81. The number of aromatic nitrogens is 2. The standard InChI is InChI=1S/C10H17N3O/c1-11-10(4-3-7-14-2)9-5-6-12-13-8-9/h5-6,8,10-11H,3-4,7H2,1-2H3. The minimum atomic E-state index is 0.348. The molecule has 1 rings (SSSR count). The molecule has 1 atom stereocenters. The van der Waals surface area contributed by atoms with Crippen LogP contribution >= 0.6 is 0 Å². The molecule has 1 N–H and O–H groups in total. The number of nitrogens with zero attached hydrogens (tertiary/aromatic N) is 2. The Morgan fingerprint density at radius 3 is 2.93 bits per heavy atom. The Kier molecular flexibility index (Phi) is 5.11. The highest BCUT2D eigenvalue weighted by Crippen LogP contribution is 2.15. The summed E-state index contributed by atoms with van der Waals surface area (Å²) in [7, 11) is 3.68. The van der Waals surface area contributed by atoms with Crippen LogP contribution in [0.1, 0.15) is 24.4 Å². The summed E-state index contributed by atoms with van der Waals surface area (Å²) in [6.07, 6.45) is 5.62. The van der Waals surface area contributed by atoms with Crippen LogP contribution in [0.5, 0.6) is 0 Å². The Morgan fingerprint density at radius 1 is 1.50 bits per heavy atom. The van der Waals surface area contributed by atoms with E-state index in [4.69, 9.17) is 4.74 Å². The van der Waals surface area contributed by atoms with Crippen molar-refractivity contribution in [2.75, 3.05) is 20.8 Å². The number of hydrogen-bond donors (Lipinski definition) is 1. The zero-order valence-electron chi connectivity index (χ0n) is 8.73. The van der Waals surface area contributed by atoms with E-state index in [-0.39, 0.29) is 0 Å². The van der Waals surface area contributed by atoms with E-state index in [2.05, 4.69) is 15.5 Å². The van der Waals surface area contributed by atoms with Crippen molar-refractivity contribution in [3.63, 3.8) is 0 Å². The van der Waals surface area contributed by atoms with Gasteiger partial charge in [-0.15, -0.1) is 0 Å². The van der Waals surface area contributed by atoms with Gasteiger partial charge >= 0.3 is 0 Å². The first kappa shape index (κ1) is 11.1. The summed E-state index contributed by atoms with van der Waals surface area (Å²) in [6.45, 7) is 0.802. The van der Waals surface area contributed by atoms with Crippen LogP contribution in [0.15, 0.2) is 18.5 Å². The van der Waals surface area contributed by atoms with Crippen molar-refractivity contribution >= 4 is 0 Å². The summed E-state index contributed by atoms with van der Waals surface area (Å²) in [6, 6.07) is 2.33. The molecule has 0 aliphatic carbocycles. The van der Waals surface area contributed by atoms with Gasteiger partial charge in [-0.25, -0.2) is 0 Å². The van der Waals surface area contributed by atoms with Gasteiger partial charge in [-0.05, 0) is 31.5 Å². The van der Waals surface area contributed by atoms with Gasteiger partial charge < -0.3 is 10.1 Å². The fourth-order valence-corrected chi connectivity index (χ4v) is 1.42. The maximum absolute atomic E-state index is 5.02. The molecule has 0 bridgehead atoms. The molecule has 1 aromatic heterocycles. The average Bonchev–Trinajstić information content (AvgIpc) is 2.26. The second-order valence-corrected chi connectivity index (χ2v) is 3.15. The maximum Gasteiger partial charge on any atom is 0.0544 e. The lowest BCUT2D eigenvalue weighted by Gasteiger charge is -2.15. The molecule has 0 aromatic carbocycles. The molecule has 0 amide bonds. The van der Waals surface area contributed by atoms with Crippen LogP contribution in [0.2, 0.25) is 0 Å². The lowest BCUT2D eigenvalue weighted by atomic mass is 10.1. The topological polar surface area (TPSA) is 47.0 Å². The van der Waals surface area contributed by atoms with Crippen molar-refractivity contribution in [3.05, 3.63) is 24.0 Å². The van der Waals surface area contributed by atoms with Crippen molar-refractivity contribution in [1.29, 1.82) is 0 Å². The zero-order valence-corrected chi connectivity index (χ0v) is 8.73. The lowest BCUT2D eigenvalue weighted by molar-refractivity contribution is 0.189. The van der Waals surface area contributed by atoms with Gasteiger partial charge in [-0.2, -0.15) is 10.2 Å². The Labute approximate surface area is 84.7 Å². The molecule has 4 nitrogen and oxygen atoms in total. The molecule has 14 heavy (non-hydrogen) atoms. The third-order valence-corrected chi connectivity index (χ3v) is 2.20. The van der Waals surface area contributed by atoms with Gasteiger partial charge in [0.15, 0.2) is 0 Å². The molecule has 0 spiro atoms. The van der Waals surface area contributed by atoms with Crippen molar-refractivity contribution in [3.8, 4) is 0 Å². The van der Waals surface area contributed by atoms with E-state index in [0.29, 0.717) is 6.04 Å². The van der Waals surface area contributed by atoms with Crippen LogP contribution in [0.25, 0.3) is 0 Å². The third kappa shape index (κ3) is 3.40. The van der Waals surface area contributed by atoms with Crippen molar-refractivity contribution in [2.24, 2.45) is 0 Å². The molecule has 0 aliphatic heterocycles. The van der Waals surface area contributed by atoms with Crippen LogP contribution in [-0.4, -0.2) is 31.0 Å². The highest BCUT2D eigenvalue weighted by atomic mass is 16.5. The van der Waals surface area contributed by atoms with Crippen LogP contribution in [0.3, 0.4) is 0 Å². The van der Waals surface area contributed by atoms with E-state index in [1.54, 1.807) is 19.5 Å². The molecule has 4 heteroatoms. The highest BCUT2D eigenvalue weighted by molar-refractivity contribution is 5.10. The summed E-state index contributed by atoms with van der Waals surface area (Å²) in [4.78, 5) is 0. The number of nitrogens with one attached hydrogen (secondary N) is 1. The van der Waals surface area contributed by atoms with Gasteiger partial charge in [0.05, 0.1) is 6.20 Å². The molecular weight excluding hydrogens is 178 g/mol. The summed E-state index contributed by atoms with van der Waals surface area (Å²) < 4.78 is 5.02. The van der Waals surface area contributed by atoms with Gasteiger partial charge in [0.25, 0.3) is 0 Å². The normalized spacial score (nSPS) is 12.7. The van der Waals surface area contributed by atoms with E-state index in [1.807, 2.05) is 13.1 Å². The fraction of sp³-hybridized carbons (Fsp3) is 0.600. The number of hydrogen-bond acceptors (Lipinski definition) is 4. The van der Waals surface area contributed by atoms with Crippen molar-refractivity contribution < 1.29 is 4.74 Å². The largest absolute Gasteiger partial charge is 0.385 e. The lowest BCUT2D eigenvalue weighted by Crippen LogP contribution is -2.17. The van der Waals surface area contributed by atoms with Crippen LogP contribution < -0.4 is 5.32 Å². The second kappa shape index (κ2) is 6.45. The summed E-state index contributed by atoms with van der Waals surface area (Å²) in [5, 5.41) is 10.9. The Balaban J connectivity index is 2.46. The van der Waals surface area contributed by atoms with E-state index in [9.17, 15) is 0 Å². The predicted molar refractivity (Wildman–Crippen MR) is 54.9 cm³/mol. The smallest absolute Gasteiger partial charge is 0.0544 e. The molecule has 1 unspecified atom stereocenters. The van der Waals surface area contributed by atoms with Crippen LogP contribution in [-0.2, 0) is 4.74 Å². The first-order valence-corrected chi connectivity index (χ1v) is 4.81. The van der Waals surface area contributed by atoms with E-state index < -0.39 is 0 Å². The monoisotopic (exact) mass is 195 g/mol. The Morgan fingerprint density at radius 2 is 2.36 bits per heavy atom. The molecule has 0 saturated carbocycles. The summed E-state index contributed by atoms with van der Waals surface area (Å²) in [5.41, 5.74) is 1.18. The van der Waals surface area contributed by atoms with Gasteiger partial charge in [-0.3, -0.25) is 0 Å². The molecule has 0 aliphatic rings. The third-order valence-electron chi connectivity index (χ3n) is 2.20. The number of ether oxygens (including phenoxy) is 1. The Hall–Kier alpha value is -1.00. The fourth-order valence-electron chi connectivity index (χ4n) is 1.42. The molecular formula is C10H17N3O. The van der Waals surface area contributed by atoms with E-state index >= 15 is 0 Å². The van der Waals surface area contributed by atoms with Crippen molar-refractivity contribution in [1.82, 2.24) is 15.5 Å². The Bertz CT molecular complexity index is 240. The van der Waals surface area contributed by atoms with Crippen LogP contribution in [0, 0.1) is 0 Å². The van der Waals surface area contributed by atoms with E-state index in [0.717, 1.165) is 19.4 Å². The van der Waals surface area contributed by atoms with Crippen molar-refractivity contribution in [2.45, 2.75) is 18.9 Å². The first-order chi connectivity index (χ1) is 6.88. The zero-order chi connectivity index (χ0) is 10.2. The second-order valence-electron chi connectivity index (χ2n) is 3.15. The minimum Gasteiger partial charge on any atom is -0.385 e. The maximum atomic E-state index is 5.02. The average molecular weight is 195 g/mol. The quantitative estimate of drug-likeness (QED) is 0.692. The molecule has 1 heterocycles. The summed E-state index contributed by atoms with van der Waals surface area (Å²) >= 11 is 0. The molecule has 0 fully saturated rings. The SMILES string of the molecule is CNC(CCCOC)c1ccnnc1. The van der Waals surface area contributed by atoms with Gasteiger partial charge in [-0.1, -0.05) is 0 Å². The van der Waals surface area contributed by atoms with Gasteiger partial charge in [0, 0.05) is 26.0 Å². The van der Waals surface area contributed by atoms with Gasteiger partial charge in [0.1, 0.15) is 0 Å². The minimum absolute atomic E-state index is 0.348. The molecule has 1 aromatic rings. The molecule has 0 saturated heterocycles. The number of rotatable bonds is 6. The van der Waals surface area contributed by atoms with Crippen LogP contribution in [0.4, 0.5) is 0 Å². The predicted octanol–water partition coefficient (Wildman–Crippen LogP) is 1.16. The molecule has 78 valence electrons. The summed E-state index contributed by atoms with van der Waals surface area (Å²) in [5.74, 6) is 0. The van der Waals surface area contributed by atoms with E-state index in [1.165, 1.54) is 5.56 Å².